The van der Waals surface area contributed by atoms with Gasteiger partial charge in [-0.15, -0.1) is 0 Å². The van der Waals surface area contributed by atoms with Gasteiger partial charge in [-0.3, -0.25) is 4.79 Å². The highest BCUT2D eigenvalue weighted by molar-refractivity contribution is 6.31. The standard InChI is InChI=1S/C12H16ClNO/c1-8-3-4-10(11(13)5-8)6-12(15)9(2)7-14/h3-5,9H,6-7,14H2,1-2H3. The van der Waals surface area contributed by atoms with Gasteiger partial charge in [0.25, 0.3) is 0 Å². The molecule has 0 fully saturated rings. The number of aryl methyl sites for hydroxylation is 1. The average Bonchev–Trinajstić information content (AvgIpc) is 2.20. The van der Waals surface area contributed by atoms with Crippen molar-refractivity contribution in [3.8, 4) is 0 Å². The Kier molecular flexibility index (Phi) is 4.30. The van der Waals surface area contributed by atoms with Crippen LogP contribution in [0.3, 0.4) is 0 Å². The van der Waals surface area contributed by atoms with Crippen LogP contribution in [0.2, 0.25) is 5.02 Å². The quantitative estimate of drug-likeness (QED) is 0.855. The number of ketones is 1. The summed E-state index contributed by atoms with van der Waals surface area (Å²) in [5.74, 6) is 0.0469. The summed E-state index contributed by atoms with van der Waals surface area (Å²) in [4.78, 5) is 11.6. The first-order chi connectivity index (χ1) is 7.04. The van der Waals surface area contributed by atoms with Crippen LogP contribution in [0.1, 0.15) is 18.1 Å². The van der Waals surface area contributed by atoms with E-state index in [1.807, 2.05) is 32.0 Å². The van der Waals surface area contributed by atoms with Crippen LogP contribution in [0, 0.1) is 12.8 Å². The molecule has 0 saturated heterocycles. The fourth-order valence-corrected chi connectivity index (χ4v) is 1.59. The molecule has 0 saturated carbocycles. The molecule has 0 radical (unpaired) electrons. The number of rotatable bonds is 4. The van der Waals surface area contributed by atoms with Gasteiger partial charge in [-0.1, -0.05) is 30.7 Å². The molecule has 0 aliphatic heterocycles. The Labute approximate surface area is 95.4 Å². The number of nitrogens with two attached hydrogens (primary N) is 1. The molecular weight excluding hydrogens is 210 g/mol. The number of hydrogen-bond acceptors (Lipinski definition) is 2. The van der Waals surface area contributed by atoms with Crippen LogP contribution in [-0.4, -0.2) is 12.3 Å². The fourth-order valence-electron chi connectivity index (χ4n) is 1.29. The predicted molar refractivity (Wildman–Crippen MR) is 63.1 cm³/mol. The van der Waals surface area contributed by atoms with Crippen LogP contribution in [0.4, 0.5) is 0 Å². The third kappa shape index (κ3) is 3.33. The van der Waals surface area contributed by atoms with Gasteiger partial charge in [0.05, 0.1) is 0 Å². The molecule has 82 valence electrons. The Bertz CT molecular complexity index is 363. The van der Waals surface area contributed by atoms with Crippen LogP contribution in [0.15, 0.2) is 18.2 Å². The van der Waals surface area contributed by atoms with Gasteiger partial charge >= 0.3 is 0 Å². The molecule has 0 aliphatic carbocycles. The summed E-state index contributed by atoms with van der Waals surface area (Å²) in [7, 11) is 0. The molecule has 2 N–H and O–H groups in total. The van der Waals surface area contributed by atoms with Gasteiger partial charge in [-0.2, -0.15) is 0 Å². The maximum absolute atomic E-state index is 11.6. The second-order valence-corrected chi connectivity index (χ2v) is 4.28. The van der Waals surface area contributed by atoms with Gasteiger partial charge < -0.3 is 5.73 Å². The first kappa shape index (κ1) is 12.2. The van der Waals surface area contributed by atoms with E-state index in [9.17, 15) is 4.79 Å². The molecular formula is C12H16ClNO. The van der Waals surface area contributed by atoms with Gasteiger partial charge in [0.15, 0.2) is 0 Å². The van der Waals surface area contributed by atoms with Crippen LogP contribution in [0.5, 0.6) is 0 Å². The van der Waals surface area contributed by atoms with Crippen molar-refractivity contribution >= 4 is 17.4 Å². The van der Waals surface area contributed by atoms with Gasteiger partial charge in [0.1, 0.15) is 5.78 Å². The molecule has 3 heteroatoms. The maximum Gasteiger partial charge on any atom is 0.141 e. The normalized spacial score (nSPS) is 12.5. The van der Waals surface area contributed by atoms with E-state index in [2.05, 4.69) is 0 Å². The summed E-state index contributed by atoms with van der Waals surface area (Å²) >= 11 is 6.04. The van der Waals surface area contributed by atoms with Crippen molar-refractivity contribution in [1.29, 1.82) is 0 Å². The minimum absolute atomic E-state index is 0.0950. The number of halogens is 1. The average molecular weight is 226 g/mol. The van der Waals surface area contributed by atoms with E-state index in [1.54, 1.807) is 0 Å². The molecule has 1 rings (SSSR count). The van der Waals surface area contributed by atoms with Crippen molar-refractivity contribution in [2.75, 3.05) is 6.54 Å². The van der Waals surface area contributed by atoms with Crippen molar-refractivity contribution in [1.82, 2.24) is 0 Å². The van der Waals surface area contributed by atoms with Gasteiger partial charge in [-0.05, 0) is 24.1 Å². The van der Waals surface area contributed by atoms with Crippen molar-refractivity contribution in [3.63, 3.8) is 0 Å². The number of benzene rings is 1. The zero-order valence-electron chi connectivity index (χ0n) is 9.09. The summed E-state index contributed by atoms with van der Waals surface area (Å²) < 4.78 is 0. The zero-order chi connectivity index (χ0) is 11.4. The Morgan fingerprint density at radius 1 is 1.53 bits per heavy atom. The van der Waals surface area contributed by atoms with Gasteiger partial charge in [0, 0.05) is 23.9 Å². The monoisotopic (exact) mass is 225 g/mol. The third-order valence-corrected chi connectivity index (χ3v) is 2.83. The highest BCUT2D eigenvalue weighted by Crippen LogP contribution is 2.19. The lowest BCUT2D eigenvalue weighted by Crippen LogP contribution is -2.22. The Morgan fingerprint density at radius 3 is 2.73 bits per heavy atom. The smallest absolute Gasteiger partial charge is 0.141 e. The molecule has 0 spiro atoms. The minimum atomic E-state index is -0.0950. The summed E-state index contributed by atoms with van der Waals surface area (Å²) in [5.41, 5.74) is 7.42. The van der Waals surface area contributed by atoms with E-state index in [1.165, 1.54) is 0 Å². The third-order valence-electron chi connectivity index (χ3n) is 2.48. The molecule has 1 aromatic rings. The summed E-state index contributed by atoms with van der Waals surface area (Å²) in [5, 5.41) is 0.660. The Balaban J connectivity index is 2.77. The predicted octanol–water partition coefficient (Wildman–Crippen LogP) is 2.35. The lowest BCUT2D eigenvalue weighted by molar-refractivity contribution is -0.121. The molecule has 0 aliphatic rings. The van der Waals surface area contributed by atoms with E-state index in [0.717, 1.165) is 11.1 Å². The molecule has 0 aromatic heterocycles. The number of carbonyl (C=O) groups excluding carboxylic acids is 1. The molecule has 0 heterocycles. The molecule has 0 bridgehead atoms. The number of hydrogen-bond donors (Lipinski definition) is 1. The van der Waals surface area contributed by atoms with E-state index >= 15 is 0 Å². The first-order valence-corrected chi connectivity index (χ1v) is 5.40. The molecule has 1 unspecified atom stereocenters. The topological polar surface area (TPSA) is 43.1 Å². The molecule has 1 aromatic carbocycles. The van der Waals surface area contributed by atoms with E-state index in [4.69, 9.17) is 17.3 Å². The van der Waals surface area contributed by atoms with Gasteiger partial charge in [0.2, 0.25) is 0 Å². The minimum Gasteiger partial charge on any atom is -0.330 e. The maximum atomic E-state index is 11.6. The largest absolute Gasteiger partial charge is 0.330 e. The summed E-state index contributed by atoms with van der Waals surface area (Å²) in [6.07, 6.45) is 0.373. The highest BCUT2D eigenvalue weighted by Gasteiger charge is 2.13. The van der Waals surface area contributed by atoms with E-state index in [-0.39, 0.29) is 11.7 Å². The van der Waals surface area contributed by atoms with Crippen LogP contribution in [-0.2, 0) is 11.2 Å². The van der Waals surface area contributed by atoms with Crippen molar-refractivity contribution < 1.29 is 4.79 Å². The molecule has 2 nitrogen and oxygen atoms in total. The summed E-state index contributed by atoms with van der Waals surface area (Å²) in [6.45, 7) is 4.20. The lowest BCUT2D eigenvalue weighted by Gasteiger charge is -2.08. The first-order valence-electron chi connectivity index (χ1n) is 5.02. The fraction of sp³-hybridized carbons (Fsp3) is 0.417. The Hall–Kier alpha value is -0.860. The SMILES string of the molecule is Cc1ccc(CC(=O)C(C)CN)c(Cl)c1. The zero-order valence-corrected chi connectivity index (χ0v) is 9.84. The second-order valence-electron chi connectivity index (χ2n) is 3.87. The van der Waals surface area contributed by atoms with Crippen molar-refractivity contribution in [2.24, 2.45) is 11.7 Å². The van der Waals surface area contributed by atoms with Crippen LogP contribution in [0.25, 0.3) is 0 Å². The van der Waals surface area contributed by atoms with Crippen LogP contribution < -0.4 is 5.73 Å². The Morgan fingerprint density at radius 2 is 2.20 bits per heavy atom. The molecule has 0 amide bonds. The van der Waals surface area contributed by atoms with Crippen LogP contribution >= 0.6 is 11.6 Å². The lowest BCUT2D eigenvalue weighted by atomic mass is 9.99. The molecule has 1 atom stereocenters. The van der Waals surface area contributed by atoms with E-state index in [0.29, 0.717) is 18.0 Å². The number of Topliss-reactive ketones (excluding diaryl/α,β-unsaturated/α-hetero) is 1. The second kappa shape index (κ2) is 5.29. The highest BCUT2D eigenvalue weighted by atomic mass is 35.5. The summed E-state index contributed by atoms with van der Waals surface area (Å²) in [6, 6.07) is 5.73. The molecule has 15 heavy (non-hydrogen) atoms. The van der Waals surface area contributed by atoms with Crippen molar-refractivity contribution in [2.45, 2.75) is 20.3 Å². The van der Waals surface area contributed by atoms with Gasteiger partial charge in [-0.25, -0.2) is 0 Å². The van der Waals surface area contributed by atoms with Crippen molar-refractivity contribution in [3.05, 3.63) is 34.3 Å². The van der Waals surface area contributed by atoms with E-state index < -0.39 is 0 Å². The number of carbonyl (C=O) groups is 1.